The molecule has 1 fully saturated rings. The quantitative estimate of drug-likeness (QED) is 0.439. The SMILES string of the molecule is CCc1ccc(NC(=O)COC(=O)[C@@H]2CC(=O)N(NC(=O)C(c3ccccc3)c3ccccc3)C2)cc1. The van der Waals surface area contributed by atoms with Crippen LogP contribution in [0.15, 0.2) is 84.9 Å². The third kappa shape index (κ3) is 6.61. The van der Waals surface area contributed by atoms with Gasteiger partial charge in [0, 0.05) is 12.1 Å². The maximum absolute atomic E-state index is 13.3. The Labute approximate surface area is 215 Å². The number of nitrogens with one attached hydrogen (secondary N) is 2. The Hall–Kier alpha value is -4.46. The third-order valence-electron chi connectivity index (χ3n) is 6.22. The van der Waals surface area contributed by atoms with Crippen LogP contribution < -0.4 is 10.7 Å². The van der Waals surface area contributed by atoms with Crippen molar-refractivity contribution in [1.29, 1.82) is 0 Å². The molecule has 1 saturated heterocycles. The van der Waals surface area contributed by atoms with E-state index >= 15 is 0 Å². The van der Waals surface area contributed by atoms with E-state index < -0.39 is 36.2 Å². The number of aryl methyl sites for hydroxylation is 1. The Morgan fingerprint density at radius 1 is 0.919 bits per heavy atom. The van der Waals surface area contributed by atoms with Gasteiger partial charge < -0.3 is 10.1 Å². The summed E-state index contributed by atoms with van der Waals surface area (Å²) in [5, 5.41) is 3.83. The van der Waals surface area contributed by atoms with E-state index in [0.29, 0.717) is 5.69 Å². The molecular formula is C29H29N3O5. The van der Waals surface area contributed by atoms with Gasteiger partial charge >= 0.3 is 5.97 Å². The molecule has 0 bridgehead atoms. The number of amides is 3. The second-order valence-corrected chi connectivity index (χ2v) is 8.84. The van der Waals surface area contributed by atoms with Crippen molar-refractivity contribution in [3.63, 3.8) is 0 Å². The van der Waals surface area contributed by atoms with E-state index in [1.807, 2.05) is 79.7 Å². The smallest absolute Gasteiger partial charge is 0.311 e. The van der Waals surface area contributed by atoms with Crippen LogP contribution in [0.25, 0.3) is 0 Å². The Morgan fingerprint density at radius 2 is 1.51 bits per heavy atom. The molecule has 190 valence electrons. The van der Waals surface area contributed by atoms with E-state index in [1.165, 1.54) is 0 Å². The lowest BCUT2D eigenvalue weighted by molar-refractivity contribution is -0.151. The summed E-state index contributed by atoms with van der Waals surface area (Å²) in [5.74, 6) is -3.32. The zero-order valence-electron chi connectivity index (χ0n) is 20.6. The van der Waals surface area contributed by atoms with Crippen LogP contribution in [0.1, 0.15) is 36.0 Å². The van der Waals surface area contributed by atoms with Gasteiger partial charge in [0.05, 0.1) is 18.4 Å². The van der Waals surface area contributed by atoms with Gasteiger partial charge in [-0.25, -0.2) is 0 Å². The standard InChI is InChI=1S/C29H29N3O5/c1-2-20-13-15-24(16-14-20)30-25(33)19-37-29(36)23-17-26(34)32(18-23)31-28(35)27(21-9-5-3-6-10-21)22-11-7-4-8-12-22/h3-16,23,27H,2,17-19H2,1H3,(H,30,33)(H,31,35)/t23-/m1/s1. The first-order valence-corrected chi connectivity index (χ1v) is 12.2. The zero-order valence-corrected chi connectivity index (χ0v) is 20.6. The lowest BCUT2D eigenvalue weighted by atomic mass is 9.91. The van der Waals surface area contributed by atoms with Crippen molar-refractivity contribution in [2.24, 2.45) is 5.92 Å². The second-order valence-electron chi connectivity index (χ2n) is 8.84. The first-order chi connectivity index (χ1) is 17.9. The van der Waals surface area contributed by atoms with Crippen LogP contribution in [-0.2, 0) is 30.3 Å². The monoisotopic (exact) mass is 499 g/mol. The van der Waals surface area contributed by atoms with Crippen molar-refractivity contribution < 1.29 is 23.9 Å². The molecule has 1 heterocycles. The predicted molar refractivity (Wildman–Crippen MR) is 138 cm³/mol. The summed E-state index contributed by atoms with van der Waals surface area (Å²) in [6, 6.07) is 25.9. The molecule has 2 N–H and O–H groups in total. The Bertz CT molecular complexity index is 1210. The highest BCUT2D eigenvalue weighted by Gasteiger charge is 2.37. The summed E-state index contributed by atoms with van der Waals surface area (Å²) in [6.07, 6.45) is 0.781. The van der Waals surface area contributed by atoms with Crippen molar-refractivity contribution >= 4 is 29.4 Å². The number of carbonyl (C=O) groups is 4. The summed E-state index contributed by atoms with van der Waals surface area (Å²) < 4.78 is 5.15. The highest BCUT2D eigenvalue weighted by atomic mass is 16.5. The number of nitrogens with zero attached hydrogens (tertiary/aromatic N) is 1. The molecule has 0 spiro atoms. The van der Waals surface area contributed by atoms with Gasteiger partial charge in [-0.2, -0.15) is 0 Å². The fourth-order valence-electron chi connectivity index (χ4n) is 4.23. The lowest BCUT2D eigenvalue weighted by Crippen LogP contribution is -2.45. The van der Waals surface area contributed by atoms with E-state index in [4.69, 9.17) is 4.74 Å². The molecule has 8 nitrogen and oxygen atoms in total. The minimum Gasteiger partial charge on any atom is -0.455 e. The molecular weight excluding hydrogens is 470 g/mol. The highest BCUT2D eigenvalue weighted by Crippen LogP contribution is 2.26. The largest absolute Gasteiger partial charge is 0.455 e. The summed E-state index contributed by atoms with van der Waals surface area (Å²) in [7, 11) is 0. The van der Waals surface area contributed by atoms with Crippen LogP contribution in [0, 0.1) is 5.92 Å². The number of hydrogen-bond donors (Lipinski definition) is 2. The van der Waals surface area contributed by atoms with E-state index in [1.54, 1.807) is 12.1 Å². The molecule has 3 aromatic rings. The number of benzene rings is 3. The van der Waals surface area contributed by atoms with E-state index in [0.717, 1.165) is 28.1 Å². The Morgan fingerprint density at radius 3 is 2.08 bits per heavy atom. The fraction of sp³-hybridized carbons (Fsp3) is 0.241. The normalized spacial score (nSPS) is 14.9. The number of anilines is 1. The van der Waals surface area contributed by atoms with E-state index in [-0.39, 0.29) is 18.9 Å². The number of esters is 1. The topological polar surface area (TPSA) is 105 Å². The molecule has 0 unspecified atom stereocenters. The average molecular weight is 500 g/mol. The van der Waals surface area contributed by atoms with Gasteiger partial charge in [-0.05, 0) is 35.2 Å². The van der Waals surface area contributed by atoms with Crippen LogP contribution in [0.5, 0.6) is 0 Å². The van der Waals surface area contributed by atoms with Gasteiger partial charge in [0.15, 0.2) is 6.61 Å². The summed E-state index contributed by atoms with van der Waals surface area (Å²) in [6.45, 7) is 1.55. The molecule has 1 atom stereocenters. The van der Waals surface area contributed by atoms with Gasteiger partial charge in [-0.3, -0.25) is 29.6 Å². The van der Waals surface area contributed by atoms with Crippen molar-refractivity contribution in [3.05, 3.63) is 102 Å². The number of hydrogen-bond acceptors (Lipinski definition) is 5. The summed E-state index contributed by atoms with van der Waals surface area (Å²) in [4.78, 5) is 50.6. The maximum atomic E-state index is 13.3. The van der Waals surface area contributed by atoms with Crippen molar-refractivity contribution in [2.75, 3.05) is 18.5 Å². The van der Waals surface area contributed by atoms with Crippen LogP contribution in [0.4, 0.5) is 5.69 Å². The highest BCUT2D eigenvalue weighted by molar-refractivity contribution is 5.94. The van der Waals surface area contributed by atoms with E-state index in [2.05, 4.69) is 10.7 Å². The third-order valence-corrected chi connectivity index (χ3v) is 6.22. The minimum atomic E-state index is -0.781. The molecule has 1 aliphatic heterocycles. The lowest BCUT2D eigenvalue weighted by Gasteiger charge is -2.23. The van der Waals surface area contributed by atoms with Gasteiger partial charge in [-0.1, -0.05) is 79.7 Å². The van der Waals surface area contributed by atoms with Gasteiger partial charge in [0.25, 0.3) is 11.8 Å². The van der Waals surface area contributed by atoms with Gasteiger partial charge in [0.1, 0.15) is 0 Å². The van der Waals surface area contributed by atoms with Crippen LogP contribution in [-0.4, -0.2) is 41.9 Å². The van der Waals surface area contributed by atoms with Gasteiger partial charge in [-0.15, -0.1) is 0 Å². The molecule has 8 heteroatoms. The Balaban J connectivity index is 1.32. The number of rotatable bonds is 9. The first kappa shape index (κ1) is 25.6. The molecule has 0 aliphatic carbocycles. The molecule has 3 amide bonds. The van der Waals surface area contributed by atoms with Crippen LogP contribution >= 0.6 is 0 Å². The molecule has 37 heavy (non-hydrogen) atoms. The summed E-state index contributed by atoms with van der Waals surface area (Å²) >= 11 is 0. The number of carbonyl (C=O) groups excluding carboxylic acids is 4. The minimum absolute atomic E-state index is 0.0280. The van der Waals surface area contributed by atoms with Gasteiger partial charge in [0.2, 0.25) is 5.91 Å². The number of ether oxygens (including phenoxy) is 1. The Kier molecular flexibility index (Phi) is 8.30. The second kappa shape index (κ2) is 12.0. The molecule has 0 radical (unpaired) electrons. The van der Waals surface area contributed by atoms with Crippen LogP contribution in [0.3, 0.4) is 0 Å². The average Bonchev–Trinajstić information content (AvgIpc) is 3.29. The first-order valence-electron chi connectivity index (χ1n) is 12.2. The van der Waals surface area contributed by atoms with Crippen molar-refractivity contribution in [1.82, 2.24) is 10.4 Å². The fourth-order valence-corrected chi connectivity index (χ4v) is 4.23. The molecule has 4 rings (SSSR count). The summed E-state index contributed by atoms with van der Waals surface area (Å²) in [5.41, 5.74) is 5.99. The molecule has 0 aromatic heterocycles. The zero-order chi connectivity index (χ0) is 26.2. The number of hydrazine groups is 1. The molecule has 1 aliphatic rings. The van der Waals surface area contributed by atoms with E-state index in [9.17, 15) is 19.2 Å². The molecule has 0 saturated carbocycles. The maximum Gasteiger partial charge on any atom is 0.311 e. The van der Waals surface area contributed by atoms with Crippen molar-refractivity contribution in [3.8, 4) is 0 Å². The van der Waals surface area contributed by atoms with Crippen LogP contribution in [0.2, 0.25) is 0 Å². The molecule has 3 aromatic carbocycles. The predicted octanol–water partition coefficient (Wildman–Crippen LogP) is 3.44. The van der Waals surface area contributed by atoms with Crippen molar-refractivity contribution in [2.45, 2.75) is 25.7 Å².